The highest BCUT2D eigenvalue weighted by atomic mass is 32.2. The second kappa shape index (κ2) is 8.97. The van der Waals surface area contributed by atoms with Crippen LogP contribution in [0.25, 0.3) is 5.69 Å². The molecule has 0 N–H and O–H groups in total. The third-order valence-electron chi connectivity index (χ3n) is 5.50. The number of tetrazole rings is 1. The summed E-state index contributed by atoms with van der Waals surface area (Å²) in [5.74, 6) is 1.92. The fraction of sp³-hybridized carbons (Fsp3) is 0.364. The van der Waals surface area contributed by atoms with Gasteiger partial charge in [-0.25, -0.2) is 0 Å². The Kier molecular flexibility index (Phi) is 5.75. The Bertz CT molecular complexity index is 1060. The van der Waals surface area contributed by atoms with Crippen LogP contribution in [0.4, 0.5) is 0 Å². The minimum absolute atomic E-state index is 0.0513. The van der Waals surface area contributed by atoms with Crippen molar-refractivity contribution in [2.45, 2.75) is 30.5 Å². The lowest BCUT2D eigenvalue weighted by Gasteiger charge is -2.25. The molecule has 160 valence electrons. The number of likely N-dealkylation sites (tertiary alicyclic amines) is 1. The molecule has 1 amide bonds. The molecule has 1 atom stereocenters. The number of benzene rings is 2. The molecule has 9 heteroatoms. The SMILES string of the molecule is O=C(CSc1nnnn1-c1ccccc1)N1CCCC1c1ccc2c(c1)OCCCO2. The molecule has 1 fully saturated rings. The Morgan fingerprint density at radius 3 is 2.77 bits per heavy atom. The summed E-state index contributed by atoms with van der Waals surface area (Å²) in [4.78, 5) is 15.0. The molecule has 0 spiro atoms. The van der Waals surface area contributed by atoms with E-state index in [9.17, 15) is 4.79 Å². The Morgan fingerprint density at radius 2 is 1.90 bits per heavy atom. The van der Waals surface area contributed by atoms with Crippen LogP contribution < -0.4 is 9.47 Å². The van der Waals surface area contributed by atoms with Gasteiger partial charge < -0.3 is 14.4 Å². The van der Waals surface area contributed by atoms with Crippen LogP contribution >= 0.6 is 11.8 Å². The minimum Gasteiger partial charge on any atom is -0.490 e. The molecular formula is C22H23N5O3S. The first-order valence-electron chi connectivity index (χ1n) is 10.5. The zero-order valence-electron chi connectivity index (χ0n) is 17.0. The molecule has 0 saturated carbocycles. The predicted molar refractivity (Wildman–Crippen MR) is 116 cm³/mol. The van der Waals surface area contributed by atoms with Gasteiger partial charge in [-0.1, -0.05) is 36.0 Å². The van der Waals surface area contributed by atoms with Gasteiger partial charge in [0, 0.05) is 13.0 Å². The van der Waals surface area contributed by atoms with E-state index in [4.69, 9.17) is 9.47 Å². The van der Waals surface area contributed by atoms with Crippen LogP contribution in [0.5, 0.6) is 11.5 Å². The number of hydrogen-bond donors (Lipinski definition) is 0. The maximum absolute atomic E-state index is 13.1. The van der Waals surface area contributed by atoms with Gasteiger partial charge in [-0.15, -0.1) is 5.10 Å². The summed E-state index contributed by atoms with van der Waals surface area (Å²) >= 11 is 1.36. The lowest BCUT2D eigenvalue weighted by Crippen LogP contribution is -2.32. The zero-order valence-corrected chi connectivity index (χ0v) is 17.8. The van der Waals surface area contributed by atoms with Gasteiger partial charge in [-0.2, -0.15) is 4.68 Å². The Balaban J connectivity index is 1.28. The number of amides is 1. The van der Waals surface area contributed by atoms with Gasteiger partial charge in [0.1, 0.15) is 0 Å². The Morgan fingerprint density at radius 1 is 1.06 bits per heavy atom. The smallest absolute Gasteiger partial charge is 0.233 e. The highest BCUT2D eigenvalue weighted by Gasteiger charge is 2.31. The quantitative estimate of drug-likeness (QED) is 0.567. The van der Waals surface area contributed by atoms with Crippen molar-refractivity contribution in [3.05, 3.63) is 54.1 Å². The van der Waals surface area contributed by atoms with E-state index < -0.39 is 0 Å². The number of nitrogens with zero attached hydrogens (tertiary/aromatic N) is 5. The molecule has 8 nitrogen and oxygen atoms in total. The first-order valence-corrected chi connectivity index (χ1v) is 11.4. The van der Waals surface area contributed by atoms with Crippen molar-refractivity contribution in [1.82, 2.24) is 25.1 Å². The fourth-order valence-electron chi connectivity index (χ4n) is 4.01. The molecule has 0 bridgehead atoms. The molecule has 1 aromatic heterocycles. The van der Waals surface area contributed by atoms with E-state index in [2.05, 4.69) is 15.5 Å². The number of carbonyl (C=O) groups excluding carboxylic acids is 1. The van der Waals surface area contributed by atoms with E-state index in [0.29, 0.717) is 18.4 Å². The van der Waals surface area contributed by atoms with E-state index in [1.165, 1.54) is 11.8 Å². The van der Waals surface area contributed by atoms with Crippen molar-refractivity contribution in [3.63, 3.8) is 0 Å². The number of para-hydroxylation sites is 1. The first kappa shape index (κ1) is 19.9. The number of rotatable bonds is 5. The van der Waals surface area contributed by atoms with Crippen molar-refractivity contribution in [3.8, 4) is 17.2 Å². The van der Waals surface area contributed by atoms with E-state index in [1.807, 2.05) is 53.4 Å². The second-order valence-electron chi connectivity index (χ2n) is 7.50. The largest absolute Gasteiger partial charge is 0.490 e. The minimum atomic E-state index is 0.0513. The van der Waals surface area contributed by atoms with Gasteiger partial charge >= 0.3 is 0 Å². The van der Waals surface area contributed by atoms with Gasteiger partial charge in [0.05, 0.1) is 30.7 Å². The van der Waals surface area contributed by atoms with E-state index in [0.717, 1.165) is 48.6 Å². The van der Waals surface area contributed by atoms with Crippen molar-refractivity contribution in [2.75, 3.05) is 25.5 Å². The third-order valence-corrected chi connectivity index (χ3v) is 6.40. The van der Waals surface area contributed by atoms with Crippen LogP contribution in [0, 0.1) is 0 Å². The molecule has 0 radical (unpaired) electrons. The van der Waals surface area contributed by atoms with Crippen molar-refractivity contribution >= 4 is 17.7 Å². The maximum atomic E-state index is 13.1. The van der Waals surface area contributed by atoms with Gasteiger partial charge in [-0.05, 0) is 53.1 Å². The average molecular weight is 438 g/mol. The molecule has 2 aliphatic rings. The number of hydrogen-bond acceptors (Lipinski definition) is 7. The standard InChI is InChI=1S/C22H23N5O3S/c28-21(15-31-22-23-24-25-27(22)17-6-2-1-3-7-17)26-11-4-8-18(26)16-9-10-19-20(14-16)30-13-5-12-29-19/h1-3,6-7,9-10,14,18H,4-5,8,11-13,15H2. The fourth-order valence-corrected chi connectivity index (χ4v) is 4.79. The Labute approximate surface area is 184 Å². The molecule has 1 unspecified atom stereocenters. The third kappa shape index (κ3) is 4.23. The maximum Gasteiger partial charge on any atom is 0.233 e. The average Bonchev–Trinajstić information content (AvgIpc) is 3.43. The molecule has 5 rings (SSSR count). The second-order valence-corrected chi connectivity index (χ2v) is 8.44. The van der Waals surface area contributed by atoms with Crippen LogP contribution in [0.15, 0.2) is 53.7 Å². The topological polar surface area (TPSA) is 82.4 Å². The van der Waals surface area contributed by atoms with Crippen LogP contribution in [0.1, 0.15) is 30.9 Å². The predicted octanol–water partition coefficient (Wildman–Crippen LogP) is 3.28. The van der Waals surface area contributed by atoms with Gasteiger partial charge in [0.2, 0.25) is 11.1 Å². The van der Waals surface area contributed by atoms with Crippen LogP contribution in [-0.4, -0.2) is 56.5 Å². The molecule has 31 heavy (non-hydrogen) atoms. The molecule has 2 aromatic carbocycles. The molecule has 1 saturated heterocycles. The first-order chi connectivity index (χ1) is 15.3. The van der Waals surface area contributed by atoms with Crippen LogP contribution in [0.2, 0.25) is 0 Å². The lowest BCUT2D eigenvalue weighted by molar-refractivity contribution is -0.129. The molecule has 3 heterocycles. The van der Waals surface area contributed by atoms with Gasteiger partial charge in [-0.3, -0.25) is 4.79 Å². The summed E-state index contributed by atoms with van der Waals surface area (Å²) in [7, 11) is 0. The Hall–Kier alpha value is -3.07. The summed E-state index contributed by atoms with van der Waals surface area (Å²) in [6, 6.07) is 15.8. The highest BCUT2D eigenvalue weighted by Crippen LogP contribution is 2.38. The molecule has 2 aliphatic heterocycles. The van der Waals surface area contributed by atoms with Gasteiger partial charge in [0.15, 0.2) is 11.5 Å². The number of aromatic nitrogens is 4. The van der Waals surface area contributed by atoms with Crippen molar-refractivity contribution < 1.29 is 14.3 Å². The summed E-state index contributed by atoms with van der Waals surface area (Å²) < 4.78 is 13.2. The molecule has 3 aromatic rings. The summed E-state index contributed by atoms with van der Waals surface area (Å²) in [6.45, 7) is 2.07. The summed E-state index contributed by atoms with van der Waals surface area (Å²) in [5.41, 5.74) is 1.96. The molecular weight excluding hydrogens is 414 g/mol. The number of ether oxygens (including phenoxy) is 2. The molecule has 0 aliphatic carbocycles. The van der Waals surface area contributed by atoms with E-state index >= 15 is 0 Å². The normalized spacial score (nSPS) is 18.1. The van der Waals surface area contributed by atoms with Crippen molar-refractivity contribution in [1.29, 1.82) is 0 Å². The number of fused-ring (bicyclic) bond motifs is 1. The van der Waals surface area contributed by atoms with Gasteiger partial charge in [0.25, 0.3) is 0 Å². The monoisotopic (exact) mass is 437 g/mol. The van der Waals surface area contributed by atoms with Crippen LogP contribution in [-0.2, 0) is 4.79 Å². The lowest BCUT2D eigenvalue weighted by atomic mass is 10.0. The van der Waals surface area contributed by atoms with E-state index in [1.54, 1.807) is 4.68 Å². The highest BCUT2D eigenvalue weighted by molar-refractivity contribution is 7.99. The summed E-state index contributed by atoms with van der Waals surface area (Å²) in [6.07, 6.45) is 2.80. The zero-order chi connectivity index (χ0) is 21.0. The number of carbonyl (C=O) groups is 1. The number of thioether (sulfide) groups is 1. The summed E-state index contributed by atoms with van der Waals surface area (Å²) in [5, 5.41) is 12.5. The van der Waals surface area contributed by atoms with Crippen molar-refractivity contribution in [2.24, 2.45) is 0 Å². The van der Waals surface area contributed by atoms with Crippen LogP contribution in [0.3, 0.4) is 0 Å². The van der Waals surface area contributed by atoms with E-state index in [-0.39, 0.29) is 17.7 Å².